The summed E-state index contributed by atoms with van der Waals surface area (Å²) in [5.41, 5.74) is 2.56. The van der Waals surface area contributed by atoms with Crippen molar-refractivity contribution in [2.24, 2.45) is 23.7 Å². The van der Waals surface area contributed by atoms with Crippen molar-refractivity contribution in [1.82, 2.24) is 0 Å². The zero-order valence-corrected chi connectivity index (χ0v) is 12.2. The Morgan fingerprint density at radius 2 is 1.79 bits per heavy atom. The third-order valence-corrected chi connectivity index (χ3v) is 5.77. The number of hydrogen-bond donors (Lipinski definition) is 1. The van der Waals surface area contributed by atoms with Crippen molar-refractivity contribution < 1.29 is 5.11 Å². The highest BCUT2D eigenvalue weighted by molar-refractivity contribution is 5.32. The van der Waals surface area contributed by atoms with Crippen molar-refractivity contribution >= 4 is 0 Å². The molecule has 1 fully saturated rings. The monoisotopic (exact) mass is 258 g/mol. The molecular formula is C18H26O. The predicted octanol–water partition coefficient (Wildman–Crippen LogP) is 4.35. The SMILES string of the molecule is CC1CCC(C2CCc3ccccc3C2O)CC1C. The number of hydrogen-bond acceptors (Lipinski definition) is 1. The Bertz CT molecular complexity index is 439. The van der Waals surface area contributed by atoms with Crippen LogP contribution in [0.2, 0.25) is 0 Å². The fourth-order valence-corrected chi connectivity index (χ4v) is 4.23. The molecule has 0 amide bonds. The molecule has 1 aromatic rings. The second kappa shape index (κ2) is 5.28. The molecule has 2 aliphatic rings. The van der Waals surface area contributed by atoms with Crippen LogP contribution in [-0.2, 0) is 6.42 Å². The number of fused-ring (bicyclic) bond motifs is 1. The van der Waals surface area contributed by atoms with Gasteiger partial charge in [0.25, 0.3) is 0 Å². The van der Waals surface area contributed by atoms with Gasteiger partial charge in [-0.05, 0) is 60.5 Å². The van der Waals surface area contributed by atoms with Crippen LogP contribution < -0.4 is 0 Å². The van der Waals surface area contributed by atoms with Gasteiger partial charge in [-0.1, -0.05) is 44.5 Å². The van der Waals surface area contributed by atoms with Crippen LogP contribution in [0.5, 0.6) is 0 Å². The molecule has 0 aromatic heterocycles. The van der Waals surface area contributed by atoms with Crippen LogP contribution >= 0.6 is 0 Å². The lowest BCUT2D eigenvalue weighted by atomic mass is 9.66. The van der Waals surface area contributed by atoms with E-state index >= 15 is 0 Å². The van der Waals surface area contributed by atoms with Crippen LogP contribution in [0.4, 0.5) is 0 Å². The lowest BCUT2D eigenvalue weighted by Gasteiger charge is -2.41. The van der Waals surface area contributed by atoms with Gasteiger partial charge in [-0.25, -0.2) is 0 Å². The Morgan fingerprint density at radius 3 is 2.58 bits per heavy atom. The van der Waals surface area contributed by atoms with E-state index in [1.54, 1.807) is 0 Å². The largest absolute Gasteiger partial charge is 0.388 e. The van der Waals surface area contributed by atoms with Crippen LogP contribution in [0.25, 0.3) is 0 Å². The van der Waals surface area contributed by atoms with E-state index in [2.05, 4.69) is 38.1 Å². The van der Waals surface area contributed by atoms with Crippen molar-refractivity contribution in [3.63, 3.8) is 0 Å². The lowest BCUT2D eigenvalue weighted by molar-refractivity contribution is 0.0279. The van der Waals surface area contributed by atoms with E-state index in [-0.39, 0.29) is 6.10 Å². The van der Waals surface area contributed by atoms with E-state index in [0.29, 0.717) is 5.92 Å². The highest BCUT2D eigenvalue weighted by Crippen LogP contribution is 2.45. The molecule has 3 rings (SSSR count). The summed E-state index contributed by atoms with van der Waals surface area (Å²) in [5.74, 6) is 2.91. The summed E-state index contributed by atoms with van der Waals surface area (Å²) in [7, 11) is 0. The zero-order chi connectivity index (χ0) is 13.4. The van der Waals surface area contributed by atoms with Gasteiger partial charge in [0.2, 0.25) is 0 Å². The average molecular weight is 258 g/mol. The third-order valence-electron chi connectivity index (χ3n) is 5.77. The predicted molar refractivity (Wildman–Crippen MR) is 78.9 cm³/mol. The molecule has 0 saturated heterocycles. The highest BCUT2D eigenvalue weighted by Gasteiger charge is 2.36. The van der Waals surface area contributed by atoms with E-state index in [9.17, 15) is 5.11 Å². The number of rotatable bonds is 1. The first-order valence-electron chi connectivity index (χ1n) is 7.92. The van der Waals surface area contributed by atoms with E-state index in [4.69, 9.17) is 0 Å². The minimum absolute atomic E-state index is 0.226. The maximum atomic E-state index is 10.7. The normalized spacial score (nSPS) is 38.8. The van der Waals surface area contributed by atoms with Crippen molar-refractivity contribution in [3.8, 4) is 0 Å². The lowest BCUT2D eigenvalue weighted by Crippen LogP contribution is -2.32. The van der Waals surface area contributed by atoms with E-state index < -0.39 is 0 Å². The van der Waals surface area contributed by atoms with Crippen LogP contribution in [0.1, 0.15) is 56.8 Å². The molecule has 2 aliphatic carbocycles. The van der Waals surface area contributed by atoms with Gasteiger partial charge < -0.3 is 5.11 Å². The second-order valence-electron chi connectivity index (χ2n) is 6.87. The summed E-state index contributed by atoms with van der Waals surface area (Å²) in [4.78, 5) is 0. The Morgan fingerprint density at radius 1 is 1.00 bits per heavy atom. The molecule has 1 saturated carbocycles. The molecular weight excluding hydrogens is 232 g/mol. The number of aryl methyl sites for hydroxylation is 1. The van der Waals surface area contributed by atoms with Gasteiger partial charge >= 0.3 is 0 Å². The quantitative estimate of drug-likeness (QED) is 0.793. The van der Waals surface area contributed by atoms with E-state index in [1.165, 1.54) is 36.8 Å². The molecule has 0 bridgehead atoms. The van der Waals surface area contributed by atoms with Gasteiger partial charge in [-0.3, -0.25) is 0 Å². The van der Waals surface area contributed by atoms with Crippen LogP contribution in [0.3, 0.4) is 0 Å². The molecule has 0 spiro atoms. The van der Waals surface area contributed by atoms with E-state index in [1.807, 2.05) is 0 Å². The third kappa shape index (κ3) is 2.45. The van der Waals surface area contributed by atoms with Gasteiger partial charge in [0.15, 0.2) is 0 Å². The molecule has 0 aliphatic heterocycles. The first-order valence-corrected chi connectivity index (χ1v) is 7.92. The van der Waals surface area contributed by atoms with Gasteiger partial charge in [-0.15, -0.1) is 0 Å². The summed E-state index contributed by atoms with van der Waals surface area (Å²) in [6.45, 7) is 4.77. The molecule has 1 nitrogen and oxygen atoms in total. The average Bonchev–Trinajstić information content (AvgIpc) is 2.43. The Hall–Kier alpha value is -0.820. The summed E-state index contributed by atoms with van der Waals surface area (Å²) >= 11 is 0. The van der Waals surface area contributed by atoms with Crippen molar-refractivity contribution in [1.29, 1.82) is 0 Å². The summed E-state index contributed by atoms with van der Waals surface area (Å²) in [5, 5.41) is 10.7. The van der Waals surface area contributed by atoms with Crippen molar-refractivity contribution in [2.75, 3.05) is 0 Å². The number of aliphatic hydroxyl groups excluding tert-OH is 1. The topological polar surface area (TPSA) is 20.2 Å². The van der Waals surface area contributed by atoms with Gasteiger partial charge in [0, 0.05) is 0 Å². The fourth-order valence-electron chi connectivity index (χ4n) is 4.23. The highest BCUT2D eigenvalue weighted by atomic mass is 16.3. The van der Waals surface area contributed by atoms with Gasteiger partial charge in [-0.2, -0.15) is 0 Å². The number of aliphatic hydroxyl groups is 1. The van der Waals surface area contributed by atoms with Gasteiger partial charge in [0.05, 0.1) is 6.10 Å². The standard InChI is InChI=1S/C18H26O/c1-12-7-8-15(11-13(12)2)17-10-9-14-5-3-4-6-16(14)18(17)19/h3-6,12-13,15,17-19H,7-11H2,1-2H3. The van der Waals surface area contributed by atoms with Crippen LogP contribution in [0.15, 0.2) is 24.3 Å². The summed E-state index contributed by atoms with van der Waals surface area (Å²) in [6, 6.07) is 8.47. The molecule has 5 unspecified atom stereocenters. The smallest absolute Gasteiger partial charge is 0.0823 e. The minimum atomic E-state index is -0.226. The maximum absolute atomic E-state index is 10.7. The Balaban J connectivity index is 1.77. The molecule has 0 radical (unpaired) electrons. The summed E-state index contributed by atoms with van der Waals surface area (Å²) < 4.78 is 0. The fraction of sp³-hybridized carbons (Fsp3) is 0.667. The first-order chi connectivity index (χ1) is 9.16. The second-order valence-corrected chi connectivity index (χ2v) is 6.87. The Labute approximate surface area is 117 Å². The first kappa shape index (κ1) is 13.2. The maximum Gasteiger partial charge on any atom is 0.0823 e. The molecule has 0 heterocycles. The molecule has 1 aromatic carbocycles. The molecule has 104 valence electrons. The van der Waals surface area contributed by atoms with Crippen LogP contribution in [-0.4, -0.2) is 5.11 Å². The van der Waals surface area contributed by atoms with E-state index in [0.717, 1.165) is 24.2 Å². The zero-order valence-electron chi connectivity index (χ0n) is 12.2. The molecule has 1 N–H and O–H groups in total. The Kier molecular flexibility index (Phi) is 3.66. The minimum Gasteiger partial charge on any atom is -0.388 e. The molecule has 1 heteroatoms. The van der Waals surface area contributed by atoms with Crippen molar-refractivity contribution in [3.05, 3.63) is 35.4 Å². The number of benzene rings is 1. The summed E-state index contributed by atoms with van der Waals surface area (Å²) in [6.07, 6.45) is 6.06. The molecule has 5 atom stereocenters. The van der Waals surface area contributed by atoms with Crippen molar-refractivity contribution in [2.45, 2.75) is 52.1 Å². The molecule has 19 heavy (non-hydrogen) atoms. The van der Waals surface area contributed by atoms with Gasteiger partial charge in [0.1, 0.15) is 0 Å². The van der Waals surface area contributed by atoms with Crippen LogP contribution in [0, 0.1) is 23.7 Å².